The Balaban J connectivity index is 3.32. The molecule has 0 aromatic rings. The average molecular weight is 169 g/mol. The highest BCUT2D eigenvalue weighted by atomic mass is 16.3. The zero-order chi connectivity index (χ0) is 9.40. The summed E-state index contributed by atoms with van der Waals surface area (Å²) in [7, 11) is 0. The predicted octanol–water partition coefficient (Wildman–Crippen LogP) is 1.01. The number of aliphatic hydroxyl groups excluding tert-OH is 1. The van der Waals surface area contributed by atoms with Crippen LogP contribution in [-0.4, -0.2) is 24.3 Å². The van der Waals surface area contributed by atoms with Crippen molar-refractivity contribution in [1.82, 2.24) is 5.32 Å². The van der Waals surface area contributed by atoms with Crippen molar-refractivity contribution >= 4 is 0 Å². The van der Waals surface area contributed by atoms with Crippen LogP contribution in [-0.2, 0) is 0 Å². The maximum Gasteiger partial charge on any atom is 0.0471 e. The molecule has 12 heavy (non-hydrogen) atoms. The van der Waals surface area contributed by atoms with Crippen LogP contribution in [0.3, 0.4) is 0 Å². The van der Waals surface area contributed by atoms with Gasteiger partial charge in [-0.05, 0) is 25.8 Å². The molecule has 0 saturated heterocycles. The first-order chi connectivity index (χ1) is 5.72. The number of terminal acetylenes is 1. The molecule has 2 atom stereocenters. The van der Waals surface area contributed by atoms with E-state index in [9.17, 15) is 0 Å². The van der Waals surface area contributed by atoms with E-state index in [1.807, 2.05) is 6.92 Å². The number of hydrogen-bond acceptors (Lipinski definition) is 2. The maximum absolute atomic E-state index is 8.84. The van der Waals surface area contributed by atoms with Gasteiger partial charge in [0, 0.05) is 19.1 Å². The van der Waals surface area contributed by atoms with Crippen LogP contribution in [0.4, 0.5) is 0 Å². The molecule has 2 N–H and O–H groups in total. The molecule has 0 saturated carbocycles. The second kappa shape index (κ2) is 7.15. The zero-order valence-corrected chi connectivity index (χ0v) is 8.01. The molecular weight excluding hydrogens is 150 g/mol. The van der Waals surface area contributed by atoms with Gasteiger partial charge in [-0.2, -0.15) is 0 Å². The molecule has 0 rings (SSSR count). The molecule has 2 heteroatoms. The Morgan fingerprint density at radius 2 is 2.17 bits per heavy atom. The van der Waals surface area contributed by atoms with Gasteiger partial charge >= 0.3 is 0 Å². The molecule has 0 spiro atoms. The van der Waals surface area contributed by atoms with E-state index in [0.29, 0.717) is 12.0 Å². The van der Waals surface area contributed by atoms with Crippen molar-refractivity contribution < 1.29 is 5.11 Å². The molecule has 0 aliphatic rings. The van der Waals surface area contributed by atoms with Crippen molar-refractivity contribution in [3.63, 3.8) is 0 Å². The quantitative estimate of drug-likeness (QED) is 0.459. The van der Waals surface area contributed by atoms with Crippen molar-refractivity contribution in [3.05, 3.63) is 0 Å². The summed E-state index contributed by atoms with van der Waals surface area (Å²) in [5.41, 5.74) is 0. The van der Waals surface area contributed by atoms with E-state index in [1.165, 1.54) is 0 Å². The largest absolute Gasteiger partial charge is 0.396 e. The minimum absolute atomic E-state index is 0.239. The fraction of sp³-hybridized carbons (Fsp3) is 0.800. The fourth-order valence-electron chi connectivity index (χ4n) is 0.879. The Kier molecular flexibility index (Phi) is 6.84. The third-order valence-electron chi connectivity index (χ3n) is 2.11. The maximum atomic E-state index is 8.84. The van der Waals surface area contributed by atoms with Gasteiger partial charge in [-0.15, -0.1) is 12.3 Å². The van der Waals surface area contributed by atoms with Gasteiger partial charge in [0.1, 0.15) is 0 Å². The Morgan fingerprint density at radius 3 is 2.67 bits per heavy atom. The Morgan fingerprint density at radius 1 is 1.50 bits per heavy atom. The van der Waals surface area contributed by atoms with Crippen LogP contribution in [0, 0.1) is 18.3 Å². The molecule has 0 aromatic carbocycles. The lowest BCUT2D eigenvalue weighted by Crippen LogP contribution is -2.34. The summed E-state index contributed by atoms with van der Waals surface area (Å²) in [4.78, 5) is 0. The van der Waals surface area contributed by atoms with Gasteiger partial charge in [-0.1, -0.05) is 6.92 Å². The van der Waals surface area contributed by atoms with Crippen LogP contribution in [0.2, 0.25) is 0 Å². The van der Waals surface area contributed by atoms with E-state index in [0.717, 1.165) is 19.4 Å². The smallest absolute Gasteiger partial charge is 0.0471 e. The highest BCUT2D eigenvalue weighted by molar-refractivity contribution is 4.83. The van der Waals surface area contributed by atoms with E-state index >= 15 is 0 Å². The monoisotopic (exact) mass is 169 g/mol. The molecule has 0 bridgehead atoms. The lowest BCUT2D eigenvalue weighted by Gasteiger charge is -2.18. The summed E-state index contributed by atoms with van der Waals surface area (Å²) < 4.78 is 0. The van der Waals surface area contributed by atoms with Gasteiger partial charge in [-0.25, -0.2) is 0 Å². The van der Waals surface area contributed by atoms with Crippen LogP contribution in [0.15, 0.2) is 0 Å². The lowest BCUT2D eigenvalue weighted by molar-refractivity contribution is 0.207. The molecule has 70 valence electrons. The third-order valence-corrected chi connectivity index (χ3v) is 2.11. The second-order valence-corrected chi connectivity index (χ2v) is 3.21. The number of rotatable bonds is 6. The molecule has 0 aliphatic carbocycles. The first-order valence-electron chi connectivity index (χ1n) is 4.50. The Labute approximate surface area is 75.4 Å². The summed E-state index contributed by atoms with van der Waals surface area (Å²) >= 11 is 0. The highest BCUT2D eigenvalue weighted by Crippen LogP contribution is 2.00. The van der Waals surface area contributed by atoms with Gasteiger partial charge in [0.05, 0.1) is 0 Å². The van der Waals surface area contributed by atoms with Crippen LogP contribution in [0.5, 0.6) is 0 Å². The first kappa shape index (κ1) is 11.5. The van der Waals surface area contributed by atoms with E-state index in [-0.39, 0.29) is 6.61 Å². The van der Waals surface area contributed by atoms with Crippen molar-refractivity contribution in [2.24, 2.45) is 5.92 Å². The van der Waals surface area contributed by atoms with Gasteiger partial charge in [0.15, 0.2) is 0 Å². The minimum atomic E-state index is 0.239. The molecule has 0 radical (unpaired) electrons. The van der Waals surface area contributed by atoms with Crippen molar-refractivity contribution in [1.29, 1.82) is 0 Å². The molecule has 0 aliphatic heterocycles. The molecule has 2 nitrogen and oxygen atoms in total. The highest BCUT2D eigenvalue weighted by Gasteiger charge is 2.08. The SMILES string of the molecule is C#CCCCNC(C)C(C)CO. The van der Waals surface area contributed by atoms with Crippen molar-refractivity contribution in [3.8, 4) is 12.3 Å². The van der Waals surface area contributed by atoms with Crippen LogP contribution in [0.1, 0.15) is 26.7 Å². The van der Waals surface area contributed by atoms with Crippen molar-refractivity contribution in [2.45, 2.75) is 32.7 Å². The summed E-state index contributed by atoms with van der Waals surface area (Å²) in [6, 6.07) is 0.368. The van der Waals surface area contributed by atoms with Crippen LogP contribution >= 0.6 is 0 Å². The molecule has 0 fully saturated rings. The number of hydrogen-bond donors (Lipinski definition) is 2. The molecule has 0 heterocycles. The summed E-state index contributed by atoms with van der Waals surface area (Å²) in [5, 5.41) is 12.1. The number of nitrogens with one attached hydrogen (secondary N) is 1. The summed E-state index contributed by atoms with van der Waals surface area (Å²) in [5.74, 6) is 2.91. The van der Waals surface area contributed by atoms with E-state index < -0.39 is 0 Å². The molecule has 0 aromatic heterocycles. The summed E-state index contributed by atoms with van der Waals surface area (Å²) in [6.07, 6.45) is 6.95. The first-order valence-corrected chi connectivity index (χ1v) is 4.50. The third kappa shape index (κ3) is 5.17. The number of aliphatic hydroxyl groups is 1. The fourth-order valence-corrected chi connectivity index (χ4v) is 0.879. The van der Waals surface area contributed by atoms with E-state index in [1.54, 1.807) is 0 Å². The van der Waals surface area contributed by atoms with Gasteiger partial charge in [0.2, 0.25) is 0 Å². The standard InChI is InChI=1S/C10H19NO/c1-4-5-6-7-11-10(3)9(2)8-12/h1,9-12H,5-8H2,2-3H3. The van der Waals surface area contributed by atoms with Crippen LogP contribution < -0.4 is 5.32 Å². The molecule has 0 amide bonds. The summed E-state index contributed by atoms with van der Waals surface area (Å²) in [6.45, 7) is 5.29. The normalized spacial score (nSPS) is 15.2. The topological polar surface area (TPSA) is 32.3 Å². The minimum Gasteiger partial charge on any atom is -0.396 e. The van der Waals surface area contributed by atoms with Gasteiger partial charge in [0.25, 0.3) is 0 Å². The average Bonchev–Trinajstić information content (AvgIpc) is 2.10. The van der Waals surface area contributed by atoms with E-state index in [2.05, 4.69) is 18.2 Å². The van der Waals surface area contributed by atoms with Gasteiger partial charge in [-0.3, -0.25) is 0 Å². The Bertz CT molecular complexity index is 139. The van der Waals surface area contributed by atoms with Crippen molar-refractivity contribution in [2.75, 3.05) is 13.2 Å². The van der Waals surface area contributed by atoms with Crippen LogP contribution in [0.25, 0.3) is 0 Å². The number of unbranched alkanes of at least 4 members (excludes halogenated alkanes) is 1. The zero-order valence-electron chi connectivity index (χ0n) is 8.01. The van der Waals surface area contributed by atoms with E-state index in [4.69, 9.17) is 11.5 Å². The lowest BCUT2D eigenvalue weighted by atomic mass is 10.1. The predicted molar refractivity (Wildman–Crippen MR) is 51.8 cm³/mol. The molecule has 2 unspecified atom stereocenters. The second-order valence-electron chi connectivity index (χ2n) is 3.21. The Hall–Kier alpha value is -0.520. The molecular formula is C10H19NO. The van der Waals surface area contributed by atoms with Gasteiger partial charge < -0.3 is 10.4 Å².